The third-order valence-electron chi connectivity index (χ3n) is 4.90. The van der Waals surface area contributed by atoms with Gasteiger partial charge in [0.2, 0.25) is 0 Å². The highest BCUT2D eigenvalue weighted by Crippen LogP contribution is 2.42. The van der Waals surface area contributed by atoms with E-state index in [1.54, 1.807) is 18.2 Å². The number of rotatable bonds is 3. The van der Waals surface area contributed by atoms with Gasteiger partial charge in [0.25, 0.3) is 6.02 Å². The summed E-state index contributed by atoms with van der Waals surface area (Å²) in [6, 6.07) is 8.13. The van der Waals surface area contributed by atoms with Crippen molar-refractivity contribution in [3.8, 4) is 22.7 Å². The lowest BCUT2D eigenvalue weighted by Crippen LogP contribution is -2.46. The minimum Gasteiger partial charge on any atom is -0.452 e. The zero-order valence-electron chi connectivity index (χ0n) is 16.0. The molecule has 0 amide bonds. The number of nitrogens with zero attached hydrogens (tertiary/aromatic N) is 3. The number of ether oxygens (including phenoxy) is 1. The van der Waals surface area contributed by atoms with Crippen LogP contribution in [0, 0.1) is 5.82 Å². The Balaban J connectivity index is 1.71. The van der Waals surface area contributed by atoms with Crippen molar-refractivity contribution >= 4 is 17.6 Å². The maximum Gasteiger partial charge on any atom is 0.425 e. The molecule has 0 radical (unpaired) electrons. The Hall–Kier alpha value is -3.14. The summed E-state index contributed by atoms with van der Waals surface area (Å²) in [5.74, 6) is -0.460. The predicted molar refractivity (Wildman–Crippen MR) is 105 cm³/mol. The quantitative estimate of drug-likeness (QED) is 0.558. The molecule has 11 heteroatoms. The molecule has 6 nitrogen and oxygen atoms in total. The number of benzene rings is 1. The van der Waals surface area contributed by atoms with Crippen LogP contribution in [0.5, 0.6) is 0 Å². The molecule has 31 heavy (non-hydrogen) atoms. The second-order valence-electron chi connectivity index (χ2n) is 7.21. The molecule has 0 bridgehead atoms. The van der Waals surface area contributed by atoms with Crippen LogP contribution in [-0.4, -0.2) is 28.4 Å². The summed E-state index contributed by atoms with van der Waals surface area (Å²) in [5.41, 5.74) is 5.11. The second kappa shape index (κ2) is 7.52. The Labute approximate surface area is 178 Å². The molecule has 4 rings (SSSR count). The maximum atomic E-state index is 14.7. The van der Waals surface area contributed by atoms with E-state index in [0.29, 0.717) is 22.0 Å². The molecule has 2 aromatic heterocycles. The first-order chi connectivity index (χ1) is 14.5. The van der Waals surface area contributed by atoms with E-state index >= 15 is 0 Å². The number of amidine groups is 1. The van der Waals surface area contributed by atoms with Crippen LogP contribution < -0.4 is 5.73 Å². The van der Waals surface area contributed by atoms with Crippen LogP contribution >= 0.6 is 11.6 Å². The SMILES string of the molecule is C[C@@]1(c2cc(-c3cc(-c4ccc(Cl)cn4)no3)ccc2F)C[C@@H](C(F)(F)F)OC(N)=N1. The lowest BCUT2D eigenvalue weighted by atomic mass is 9.84. The maximum absolute atomic E-state index is 14.7. The minimum atomic E-state index is -4.68. The smallest absolute Gasteiger partial charge is 0.425 e. The van der Waals surface area contributed by atoms with Gasteiger partial charge in [0, 0.05) is 29.8 Å². The largest absolute Gasteiger partial charge is 0.452 e. The summed E-state index contributed by atoms with van der Waals surface area (Å²) in [6.45, 7) is 1.37. The Morgan fingerprint density at radius 2 is 1.94 bits per heavy atom. The van der Waals surface area contributed by atoms with Gasteiger partial charge in [-0.3, -0.25) is 4.98 Å². The molecule has 3 heterocycles. The summed E-state index contributed by atoms with van der Waals surface area (Å²) in [7, 11) is 0. The van der Waals surface area contributed by atoms with Crippen LogP contribution in [0.15, 0.2) is 52.1 Å². The van der Waals surface area contributed by atoms with E-state index in [2.05, 4.69) is 19.9 Å². The molecule has 2 atom stereocenters. The Kier molecular flexibility index (Phi) is 5.12. The van der Waals surface area contributed by atoms with E-state index in [4.69, 9.17) is 21.9 Å². The highest BCUT2D eigenvalue weighted by Gasteiger charge is 2.50. The van der Waals surface area contributed by atoms with Gasteiger partial charge in [-0.25, -0.2) is 9.38 Å². The van der Waals surface area contributed by atoms with Gasteiger partial charge in [0.1, 0.15) is 11.5 Å². The molecule has 0 fully saturated rings. The first-order valence-electron chi connectivity index (χ1n) is 9.03. The third kappa shape index (κ3) is 4.20. The number of pyridine rings is 1. The van der Waals surface area contributed by atoms with E-state index in [1.807, 2.05) is 0 Å². The molecule has 2 N–H and O–H groups in total. The van der Waals surface area contributed by atoms with Crippen LogP contribution in [0.3, 0.4) is 0 Å². The zero-order chi connectivity index (χ0) is 22.4. The summed E-state index contributed by atoms with van der Waals surface area (Å²) >= 11 is 5.83. The van der Waals surface area contributed by atoms with Crippen LogP contribution in [0.4, 0.5) is 17.6 Å². The molecular formula is C20H15ClF4N4O2. The summed E-state index contributed by atoms with van der Waals surface area (Å²) in [4.78, 5) is 8.11. The van der Waals surface area contributed by atoms with Gasteiger partial charge < -0.3 is 15.0 Å². The Morgan fingerprint density at radius 1 is 1.16 bits per heavy atom. The van der Waals surface area contributed by atoms with Crippen LogP contribution in [0.25, 0.3) is 22.7 Å². The van der Waals surface area contributed by atoms with Gasteiger partial charge in [-0.15, -0.1) is 0 Å². The first-order valence-corrected chi connectivity index (χ1v) is 9.41. The van der Waals surface area contributed by atoms with Crippen molar-refractivity contribution in [3.05, 3.63) is 59.0 Å². The van der Waals surface area contributed by atoms with Gasteiger partial charge in [-0.05, 0) is 37.3 Å². The fraction of sp³-hybridized carbons (Fsp3) is 0.250. The average molecular weight is 455 g/mol. The van der Waals surface area contributed by atoms with E-state index in [0.717, 1.165) is 6.07 Å². The molecule has 0 aliphatic carbocycles. The number of aliphatic imine (C=N–C) groups is 1. The standard InChI is InChI=1S/C20H15ClF4N4O2/c1-19(8-17(20(23,24)25)30-18(26)28-19)12-6-10(2-4-13(12)22)16-7-15(29-31-16)14-5-3-11(21)9-27-14/h2-7,9,17H,8H2,1H3,(H2,26,28)/t17-,19-/m0/s1. The highest BCUT2D eigenvalue weighted by molar-refractivity contribution is 6.30. The molecule has 0 saturated carbocycles. The van der Waals surface area contributed by atoms with Gasteiger partial charge in [-0.1, -0.05) is 16.8 Å². The molecular weight excluding hydrogens is 440 g/mol. The van der Waals surface area contributed by atoms with Crippen LogP contribution in [0.1, 0.15) is 18.9 Å². The molecule has 162 valence electrons. The predicted octanol–water partition coefficient (Wildman–Crippen LogP) is 5.08. The fourth-order valence-corrected chi connectivity index (χ4v) is 3.48. The van der Waals surface area contributed by atoms with Crippen LogP contribution in [-0.2, 0) is 10.3 Å². The van der Waals surface area contributed by atoms with Crippen molar-refractivity contribution < 1.29 is 26.8 Å². The van der Waals surface area contributed by atoms with Gasteiger partial charge in [-0.2, -0.15) is 13.2 Å². The van der Waals surface area contributed by atoms with Crippen molar-refractivity contribution in [1.82, 2.24) is 10.1 Å². The van der Waals surface area contributed by atoms with Crippen molar-refractivity contribution in [1.29, 1.82) is 0 Å². The zero-order valence-corrected chi connectivity index (χ0v) is 16.7. The van der Waals surface area contributed by atoms with Crippen molar-refractivity contribution in [3.63, 3.8) is 0 Å². The third-order valence-corrected chi connectivity index (χ3v) is 5.12. The van der Waals surface area contributed by atoms with Gasteiger partial charge >= 0.3 is 6.18 Å². The lowest BCUT2D eigenvalue weighted by molar-refractivity contribution is -0.208. The Bertz CT molecular complexity index is 1150. The number of halogens is 5. The molecule has 0 spiro atoms. The number of hydrogen-bond donors (Lipinski definition) is 1. The van der Waals surface area contributed by atoms with Crippen LogP contribution in [0.2, 0.25) is 5.02 Å². The fourth-order valence-electron chi connectivity index (χ4n) is 3.37. The molecule has 1 aromatic carbocycles. The van der Waals surface area contributed by atoms with E-state index in [9.17, 15) is 17.6 Å². The van der Waals surface area contributed by atoms with Gasteiger partial charge in [0.05, 0.1) is 16.3 Å². The summed E-state index contributed by atoms with van der Waals surface area (Å²) in [6.07, 6.45) is -6.06. The Morgan fingerprint density at radius 3 is 2.61 bits per heavy atom. The van der Waals surface area contributed by atoms with E-state index < -0.39 is 36.1 Å². The molecule has 1 aliphatic heterocycles. The molecule has 3 aromatic rings. The second-order valence-corrected chi connectivity index (χ2v) is 7.65. The van der Waals surface area contributed by atoms with Crippen molar-refractivity contribution in [2.75, 3.05) is 0 Å². The van der Waals surface area contributed by atoms with Crippen molar-refractivity contribution in [2.45, 2.75) is 31.2 Å². The topological polar surface area (TPSA) is 86.5 Å². The lowest BCUT2D eigenvalue weighted by Gasteiger charge is -2.36. The van der Waals surface area contributed by atoms with E-state index in [1.165, 1.54) is 25.3 Å². The van der Waals surface area contributed by atoms with E-state index in [-0.39, 0.29) is 11.3 Å². The van der Waals surface area contributed by atoms with Crippen molar-refractivity contribution in [2.24, 2.45) is 10.7 Å². The minimum absolute atomic E-state index is 0.0759. The number of nitrogens with two attached hydrogens (primary N) is 1. The summed E-state index contributed by atoms with van der Waals surface area (Å²) in [5, 5.41) is 4.40. The summed E-state index contributed by atoms with van der Waals surface area (Å²) < 4.78 is 64.3. The normalized spacial score (nSPS) is 21.5. The van der Waals surface area contributed by atoms with Gasteiger partial charge in [0.15, 0.2) is 11.9 Å². The molecule has 0 unspecified atom stereocenters. The monoisotopic (exact) mass is 454 g/mol. The number of hydrogen-bond acceptors (Lipinski definition) is 6. The number of alkyl halides is 3. The first kappa shape index (κ1) is 21.1. The molecule has 1 aliphatic rings. The number of aromatic nitrogens is 2. The molecule has 0 saturated heterocycles. The average Bonchev–Trinajstić information content (AvgIpc) is 3.17. The highest BCUT2D eigenvalue weighted by atomic mass is 35.5.